The van der Waals surface area contributed by atoms with Crippen LogP contribution in [0, 0.1) is 0 Å². The average molecular weight is 439 g/mol. The zero-order chi connectivity index (χ0) is 19.4. The third-order valence-electron chi connectivity index (χ3n) is 3.71. The fourth-order valence-electron chi connectivity index (χ4n) is 2.41. The van der Waals surface area contributed by atoms with Crippen LogP contribution in [0.1, 0.15) is 17.7 Å². The number of amides is 2. The van der Waals surface area contributed by atoms with E-state index in [0.29, 0.717) is 27.2 Å². The first-order valence-corrected chi connectivity index (χ1v) is 10.5. The first-order chi connectivity index (χ1) is 12.9. The molecule has 2 N–H and O–H groups in total. The number of carbonyl (C=O) groups excluding carboxylic acids is 2. The van der Waals surface area contributed by atoms with Gasteiger partial charge < -0.3 is 10.4 Å². The largest absolute Gasteiger partial charge is 0.506 e. The summed E-state index contributed by atoms with van der Waals surface area (Å²) >= 11 is 14.0. The molecule has 1 fully saturated rings. The summed E-state index contributed by atoms with van der Waals surface area (Å²) in [5.41, 5.74) is 0.261. The Labute approximate surface area is 175 Å². The van der Waals surface area contributed by atoms with E-state index in [-0.39, 0.29) is 29.7 Å². The Morgan fingerprint density at radius 1 is 1.37 bits per heavy atom. The van der Waals surface area contributed by atoms with Crippen LogP contribution in [-0.2, 0) is 9.59 Å². The van der Waals surface area contributed by atoms with Crippen LogP contribution in [0.3, 0.4) is 0 Å². The second-order valence-corrected chi connectivity index (χ2v) is 8.75. The van der Waals surface area contributed by atoms with Crippen molar-refractivity contribution in [2.75, 3.05) is 11.9 Å². The lowest BCUT2D eigenvalue weighted by Crippen LogP contribution is -2.29. The molecule has 2 heterocycles. The number of carbonyl (C=O) groups is 2. The van der Waals surface area contributed by atoms with Gasteiger partial charge in [-0.1, -0.05) is 41.6 Å². The number of benzene rings is 1. The fraction of sp³-hybridized carbons (Fsp3) is 0.167. The lowest BCUT2D eigenvalue weighted by atomic mass is 10.2. The summed E-state index contributed by atoms with van der Waals surface area (Å²) in [6.07, 6.45) is 2.47. The van der Waals surface area contributed by atoms with Crippen molar-refractivity contribution in [2.24, 2.45) is 0 Å². The molecule has 0 aliphatic carbocycles. The Hall–Kier alpha value is -1.87. The fourth-order valence-corrected chi connectivity index (χ4v) is 4.62. The molecule has 1 saturated heterocycles. The SMILES string of the molecule is O=C(CCCN1C(=O)/C(=C/c2cccs2)SC1=S)Nc1cc(Cl)ccc1O. The second kappa shape index (κ2) is 8.88. The molecule has 2 aromatic rings. The van der Waals surface area contributed by atoms with Crippen molar-refractivity contribution >= 4 is 74.8 Å². The van der Waals surface area contributed by atoms with Crippen molar-refractivity contribution in [3.8, 4) is 5.75 Å². The normalized spacial score (nSPS) is 15.6. The number of phenols is 1. The summed E-state index contributed by atoms with van der Waals surface area (Å²) in [5, 5.41) is 14.7. The molecule has 27 heavy (non-hydrogen) atoms. The first-order valence-electron chi connectivity index (χ1n) is 8.01. The number of thioether (sulfide) groups is 1. The van der Waals surface area contributed by atoms with Crippen molar-refractivity contribution in [1.29, 1.82) is 0 Å². The molecule has 9 heteroatoms. The maximum absolute atomic E-state index is 12.5. The third kappa shape index (κ3) is 5.10. The van der Waals surface area contributed by atoms with E-state index < -0.39 is 0 Å². The van der Waals surface area contributed by atoms with Gasteiger partial charge in [0.1, 0.15) is 10.1 Å². The van der Waals surface area contributed by atoms with Crippen LogP contribution in [-0.4, -0.2) is 32.7 Å². The van der Waals surface area contributed by atoms with E-state index in [1.165, 1.54) is 34.9 Å². The molecule has 0 saturated carbocycles. The second-order valence-electron chi connectivity index (χ2n) is 5.66. The van der Waals surface area contributed by atoms with Gasteiger partial charge in [0, 0.05) is 22.9 Å². The molecule has 5 nitrogen and oxygen atoms in total. The van der Waals surface area contributed by atoms with Gasteiger partial charge in [0.15, 0.2) is 0 Å². The monoisotopic (exact) mass is 438 g/mol. The van der Waals surface area contributed by atoms with E-state index in [0.717, 1.165) is 4.88 Å². The average Bonchev–Trinajstić information content (AvgIpc) is 3.22. The Balaban J connectivity index is 1.52. The predicted molar refractivity (Wildman–Crippen MR) is 115 cm³/mol. The standard InChI is InChI=1S/C18H15ClN2O3S3/c19-11-5-6-14(22)13(9-11)20-16(23)4-1-7-21-17(24)15(27-18(21)25)10-12-3-2-8-26-12/h2-3,5-6,8-10,22H,1,4,7H2,(H,20,23)/b15-10-. The minimum absolute atomic E-state index is 0.0524. The Morgan fingerprint density at radius 3 is 2.93 bits per heavy atom. The highest BCUT2D eigenvalue weighted by Crippen LogP contribution is 2.33. The Bertz CT molecular complexity index is 913. The number of nitrogens with one attached hydrogen (secondary N) is 1. The van der Waals surface area contributed by atoms with Crippen LogP contribution in [0.25, 0.3) is 6.08 Å². The highest BCUT2D eigenvalue weighted by Gasteiger charge is 2.31. The summed E-state index contributed by atoms with van der Waals surface area (Å²) in [5.74, 6) is -0.457. The molecule has 140 valence electrons. The van der Waals surface area contributed by atoms with Gasteiger partial charge in [-0.2, -0.15) is 0 Å². The number of hydrogen-bond donors (Lipinski definition) is 2. The molecule has 1 aromatic carbocycles. The van der Waals surface area contributed by atoms with E-state index in [2.05, 4.69) is 5.32 Å². The highest BCUT2D eigenvalue weighted by molar-refractivity contribution is 8.26. The smallest absolute Gasteiger partial charge is 0.266 e. The van der Waals surface area contributed by atoms with Gasteiger partial charge in [-0.15, -0.1) is 11.3 Å². The van der Waals surface area contributed by atoms with Gasteiger partial charge in [0.25, 0.3) is 5.91 Å². The van der Waals surface area contributed by atoms with E-state index in [4.69, 9.17) is 23.8 Å². The minimum Gasteiger partial charge on any atom is -0.506 e. The lowest BCUT2D eigenvalue weighted by Gasteiger charge is -2.14. The zero-order valence-electron chi connectivity index (χ0n) is 14.0. The maximum Gasteiger partial charge on any atom is 0.266 e. The van der Waals surface area contributed by atoms with Gasteiger partial charge >= 0.3 is 0 Å². The number of anilines is 1. The van der Waals surface area contributed by atoms with Crippen molar-refractivity contribution in [3.63, 3.8) is 0 Å². The molecule has 1 aromatic heterocycles. The number of hydrogen-bond acceptors (Lipinski definition) is 6. The number of thiophene rings is 1. The number of nitrogens with zero attached hydrogens (tertiary/aromatic N) is 1. The summed E-state index contributed by atoms with van der Waals surface area (Å²) in [7, 11) is 0. The first kappa shape index (κ1) is 19.9. The summed E-state index contributed by atoms with van der Waals surface area (Å²) < 4.78 is 0.496. The Kier molecular flexibility index (Phi) is 6.54. The molecule has 1 aliphatic rings. The number of aromatic hydroxyl groups is 1. The number of rotatable bonds is 6. The predicted octanol–water partition coefficient (Wildman–Crippen LogP) is 4.73. The lowest BCUT2D eigenvalue weighted by molar-refractivity contribution is -0.122. The van der Waals surface area contributed by atoms with E-state index >= 15 is 0 Å². The van der Waals surface area contributed by atoms with Crippen LogP contribution in [0.2, 0.25) is 5.02 Å². The van der Waals surface area contributed by atoms with Crippen LogP contribution in [0.4, 0.5) is 5.69 Å². The van der Waals surface area contributed by atoms with E-state index in [1.54, 1.807) is 11.3 Å². The van der Waals surface area contributed by atoms with Gasteiger partial charge in [-0.05, 0) is 42.1 Å². The number of phenolic OH excluding ortho intramolecular Hbond substituents is 1. The van der Waals surface area contributed by atoms with Crippen molar-refractivity contribution in [2.45, 2.75) is 12.8 Å². The molecule has 0 unspecified atom stereocenters. The van der Waals surface area contributed by atoms with Crippen molar-refractivity contribution in [1.82, 2.24) is 4.90 Å². The zero-order valence-corrected chi connectivity index (χ0v) is 17.2. The molecule has 3 rings (SSSR count). The third-order valence-corrected chi connectivity index (χ3v) is 6.14. The molecule has 2 amide bonds. The molecule has 0 spiro atoms. The van der Waals surface area contributed by atoms with E-state index in [1.807, 2.05) is 23.6 Å². The van der Waals surface area contributed by atoms with Crippen LogP contribution >= 0.6 is 46.9 Å². The van der Waals surface area contributed by atoms with Gasteiger partial charge in [0.05, 0.1) is 10.6 Å². The topological polar surface area (TPSA) is 69.6 Å². The highest BCUT2D eigenvalue weighted by atomic mass is 35.5. The molecule has 0 bridgehead atoms. The number of thiocarbonyl (C=S) groups is 1. The van der Waals surface area contributed by atoms with Crippen LogP contribution in [0.15, 0.2) is 40.6 Å². The van der Waals surface area contributed by atoms with Gasteiger partial charge in [0.2, 0.25) is 5.91 Å². The molecular formula is C18H15ClN2O3S3. The van der Waals surface area contributed by atoms with E-state index in [9.17, 15) is 14.7 Å². The minimum atomic E-state index is -0.271. The summed E-state index contributed by atoms with van der Waals surface area (Å²) in [4.78, 5) is 27.7. The van der Waals surface area contributed by atoms with Crippen molar-refractivity contribution in [3.05, 3.63) is 50.5 Å². The molecule has 1 aliphatic heterocycles. The Morgan fingerprint density at radius 2 is 2.19 bits per heavy atom. The van der Waals surface area contributed by atoms with Gasteiger partial charge in [-0.3, -0.25) is 14.5 Å². The van der Waals surface area contributed by atoms with Crippen LogP contribution < -0.4 is 5.32 Å². The molecular weight excluding hydrogens is 424 g/mol. The van der Waals surface area contributed by atoms with Crippen molar-refractivity contribution < 1.29 is 14.7 Å². The summed E-state index contributed by atoms with van der Waals surface area (Å²) in [6.45, 7) is 0.362. The molecule has 0 radical (unpaired) electrons. The number of halogens is 1. The summed E-state index contributed by atoms with van der Waals surface area (Å²) in [6, 6.07) is 8.29. The quantitative estimate of drug-likeness (QED) is 0.387. The molecule has 0 atom stereocenters. The maximum atomic E-state index is 12.5. The van der Waals surface area contributed by atoms with Crippen LogP contribution in [0.5, 0.6) is 5.75 Å². The van der Waals surface area contributed by atoms with Gasteiger partial charge in [-0.25, -0.2) is 0 Å².